The van der Waals surface area contributed by atoms with E-state index in [1.165, 1.54) is 6.20 Å². The zero-order valence-electron chi connectivity index (χ0n) is 11.6. The average Bonchev–Trinajstić information content (AvgIpc) is 3.02. The fourth-order valence-electron chi connectivity index (χ4n) is 1.76. The lowest BCUT2D eigenvalue weighted by atomic mass is 10.2. The first-order valence-corrected chi connectivity index (χ1v) is 7.65. The van der Waals surface area contributed by atoms with Crippen LogP contribution in [0, 0.1) is 0 Å². The molecule has 0 bridgehead atoms. The number of benzene rings is 1. The average molecular weight is 395 g/mol. The lowest BCUT2D eigenvalue weighted by Crippen LogP contribution is -2.05. The van der Waals surface area contributed by atoms with E-state index in [2.05, 4.69) is 31.1 Å². The Balaban J connectivity index is 1.65. The number of hydrogen-bond donors (Lipinski definition) is 0. The van der Waals surface area contributed by atoms with Crippen LogP contribution >= 0.6 is 27.5 Å². The van der Waals surface area contributed by atoms with Gasteiger partial charge in [0.15, 0.2) is 6.61 Å². The molecule has 0 aliphatic carbocycles. The number of rotatable bonds is 4. The Morgan fingerprint density at radius 3 is 2.74 bits per heavy atom. The van der Waals surface area contributed by atoms with Gasteiger partial charge in [-0.05, 0) is 46.3 Å². The van der Waals surface area contributed by atoms with E-state index in [1.807, 2.05) is 0 Å². The van der Waals surface area contributed by atoms with Gasteiger partial charge in [-0.1, -0.05) is 11.6 Å². The van der Waals surface area contributed by atoms with Gasteiger partial charge < -0.3 is 9.15 Å². The first-order chi connectivity index (χ1) is 11.1. The number of esters is 1. The lowest BCUT2D eigenvalue weighted by Gasteiger charge is -2.01. The smallest absolute Gasteiger partial charge is 0.340 e. The van der Waals surface area contributed by atoms with Crippen molar-refractivity contribution in [3.63, 3.8) is 0 Å². The van der Waals surface area contributed by atoms with Gasteiger partial charge in [0.25, 0.3) is 5.89 Å². The molecule has 0 saturated carbocycles. The second kappa shape index (κ2) is 6.89. The first-order valence-electron chi connectivity index (χ1n) is 6.48. The van der Waals surface area contributed by atoms with Crippen molar-refractivity contribution in [1.82, 2.24) is 15.2 Å². The van der Waals surface area contributed by atoms with Crippen molar-refractivity contribution < 1.29 is 13.9 Å². The third-order valence-electron chi connectivity index (χ3n) is 2.83. The predicted molar refractivity (Wildman–Crippen MR) is 85.8 cm³/mol. The molecule has 0 amide bonds. The quantitative estimate of drug-likeness (QED) is 0.624. The summed E-state index contributed by atoms with van der Waals surface area (Å²) in [7, 11) is 0. The molecule has 0 saturated heterocycles. The second-order valence-electron chi connectivity index (χ2n) is 4.48. The van der Waals surface area contributed by atoms with Crippen LogP contribution in [0.2, 0.25) is 5.02 Å². The Morgan fingerprint density at radius 2 is 2.00 bits per heavy atom. The summed E-state index contributed by atoms with van der Waals surface area (Å²) in [5, 5.41) is 8.37. The highest BCUT2D eigenvalue weighted by atomic mass is 79.9. The highest BCUT2D eigenvalue weighted by molar-refractivity contribution is 9.10. The minimum atomic E-state index is -0.523. The highest BCUT2D eigenvalue weighted by Gasteiger charge is 2.13. The summed E-state index contributed by atoms with van der Waals surface area (Å²) in [5.74, 6) is 0.00753. The third-order valence-corrected chi connectivity index (χ3v) is 3.51. The molecule has 1 aromatic carbocycles. The van der Waals surface area contributed by atoms with Gasteiger partial charge in [0.1, 0.15) is 0 Å². The molecule has 0 aliphatic heterocycles. The molecule has 3 rings (SSSR count). The standard InChI is InChI=1S/C15H9BrClN3O3/c16-11-5-10(6-18-7-11)15(21)22-8-13-19-20-14(23-13)9-1-3-12(17)4-2-9/h1-7H,8H2. The van der Waals surface area contributed by atoms with Crippen LogP contribution in [0.5, 0.6) is 0 Å². The molecule has 23 heavy (non-hydrogen) atoms. The van der Waals surface area contributed by atoms with Crippen LogP contribution in [-0.4, -0.2) is 21.2 Å². The summed E-state index contributed by atoms with van der Waals surface area (Å²) < 4.78 is 11.3. The van der Waals surface area contributed by atoms with Crippen LogP contribution in [0.25, 0.3) is 11.5 Å². The third kappa shape index (κ3) is 3.94. The number of hydrogen-bond acceptors (Lipinski definition) is 6. The van der Waals surface area contributed by atoms with Crippen molar-refractivity contribution >= 4 is 33.5 Å². The Kier molecular flexibility index (Phi) is 4.68. The molecule has 3 aromatic rings. The van der Waals surface area contributed by atoms with E-state index in [-0.39, 0.29) is 12.5 Å². The van der Waals surface area contributed by atoms with Crippen LogP contribution in [0.15, 0.2) is 51.6 Å². The van der Waals surface area contributed by atoms with Gasteiger partial charge in [-0.15, -0.1) is 10.2 Å². The van der Waals surface area contributed by atoms with E-state index in [0.717, 1.165) is 5.56 Å². The zero-order valence-corrected chi connectivity index (χ0v) is 13.9. The van der Waals surface area contributed by atoms with Crippen molar-refractivity contribution in [3.05, 3.63) is 63.7 Å². The molecule has 6 nitrogen and oxygen atoms in total. The van der Waals surface area contributed by atoms with Gasteiger partial charge in [0.05, 0.1) is 5.56 Å². The highest BCUT2D eigenvalue weighted by Crippen LogP contribution is 2.20. The van der Waals surface area contributed by atoms with E-state index in [4.69, 9.17) is 20.8 Å². The van der Waals surface area contributed by atoms with Gasteiger partial charge in [0.2, 0.25) is 5.89 Å². The van der Waals surface area contributed by atoms with Crippen LogP contribution < -0.4 is 0 Å². The second-order valence-corrected chi connectivity index (χ2v) is 5.83. The molecule has 2 aromatic heterocycles. The molecule has 8 heteroatoms. The van der Waals surface area contributed by atoms with Crippen LogP contribution in [-0.2, 0) is 11.3 Å². The van der Waals surface area contributed by atoms with Crippen LogP contribution in [0.3, 0.4) is 0 Å². The van der Waals surface area contributed by atoms with Crippen LogP contribution in [0.1, 0.15) is 16.2 Å². The summed E-state index contributed by atoms with van der Waals surface area (Å²) in [4.78, 5) is 15.8. The number of carbonyl (C=O) groups excluding carboxylic acids is 1. The van der Waals surface area contributed by atoms with E-state index in [1.54, 1.807) is 36.5 Å². The lowest BCUT2D eigenvalue weighted by molar-refractivity contribution is 0.0438. The maximum Gasteiger partial charge on any atom is 0.340 e. The van der Waals surface area contributed by atoms with Crippen molar-refractivity contribution in [2.24, 2.45) is 0 Å². The van der Waals surface area contributed by atoms with Crippen molar-refractivity contribution in [3.8, 4) is 11.5 Å². The fraction of sp³-hybridized carbons (Fsp3) is 0.0667. The molecule has 0 atom stereocenters. The van der Waals surface area contributed by atoms with Gasteiger partial charge in [-0.2, -0.15) is 0 Å². The van der Waals surface area contributed by atoms with Crippen molar-refractivity contribution in [2.45, 2.75) is 6.61 Å². The van der Waals surface area contributed by atoms with Crippen molar-refractivity contribution in [1.29, 1.82) is 0 Å². The molecule has 0 radical (unpaired) electrons. The van der Waals surface area contributed by atoms with Gasteiger partial charge in [-0.25, -0.2) is 4.79 Å². The number of nitrogens with zero attached hydrogens (tertiary/aromatic N) is 3. The number of pyridine rings is 1. The van der Waals surface area contributed by atoms with E-state index < -0.39 is 5.97 Å². The molecule has 0 aliphatic rings. The van der Waals surface area contributed by atoms with E-state index >= 15 is 0 Å². The summed E-state index contributed by atoms with van der Waals surface area (Å²) in [5.41, 5.74) is 1.06. The molecular weight excluding hydrogens is 386 g/mol. The summed E-state index contributed by atoms with van der Waals surface area (Å²) >= 11 is 9.07. The molecule has 0 unspecified atom stereocenters. The fourth-order valence-corrected chi connectivity index (χ4v) is 2.25. The normalized spacial score (nSPS) is 10.5. The Morgan fingerprint density at radius 1 is 1.22 bits per heavy atom. The molecule has 116 valence electrons. The zero-order chi connectivity index (χ0) is 16.2. The Labute approximate surface area is 144 Å². The first kappa shape index (κ1) is 15.6. The number of ether oxygens (including phenoxy) is 1. The van der Waals surface area contributed by atoms with E-state index in [9.17, 15) is 4.79 Å². The SMILES string of the molecule is O=C(OCc1nnc(-c2ccc(Cl)cc2)o1)c1cncc(Br)c1. The summed E-state index contributed by atoms with van der Waals surface area (Å²) in [6.07, 6.45) is 2.99. The molecule has 0 spiro atoms. The van der Waals surface area contributed by atoms with Gasteiger partial charge in [-0.3, -0.25) is 4.98 Å². The minimum Gasteiger partial charge on any atom is -0.452 e. The summed E-state index contributed by atoms with van der Waals surface area (Å²) in [6, 6.07) is 8.59. The maximum atomic E-state index is 11.9. The molecule has 0 N–H and O–H groups in total. The van der Waals surface area contributed by atoms with Crippen molar-refractivity contribution in [2.75, 3.05) is 0 Å². The van der Waals surface area contributed by atoms with Gasteiger partial charge >= 0.3 is 5.97 Å². The number of carbonyl (C=O) groups is 1. The Hall–Kier alpha value is -2.25. The van der Waals surface area contributed by atoms with E-state index in [0.29, 0.717) is 20.9 Å². The Bertz CT molecular complexity index is 836. The molecular formula is C15H9BrClN3O3. The van der Waals surface area contributed by atoms with Crippen LogP contribution in [0.4, 0.5) is 0 Å². The molecule has 0 fully saturated rings. The number of aromatic nitrogens is 3. The molecule has 2 heterocycles. The maximum absolute atomic E-state index is 11.9. The predicted octanol–water partition coefficient (Wildman–Crippen LogP) is 3.90. The topological polar surface area (TPSA) is 78.1 Å². The monoisotopic (exact) mass is 393 g/mol. The number of halogens is 2. The minimum absolute atomic E-state index is 0.119. The van der Waals surface area contributed by atoms with Gasteiger partial charge in [0, 0.05) is 27.5 Å². The largest absolute Gasteiger partial charge is 0.452 e. The summed E-state index contributed by atoms with van der Waals surface area (Å²) in [6.45, 7) is -0.119.